The van der Waals surface area contributed by atoms with Crippen LogP contribution in [-0.2, 0) is 11.2 Å². The van der Waals surface area contributed by atoms with Gasteiger partial charge in [0.25, 0.3) is 0 Å². The summed E-state index contributed by atoms with van der Waals surface area (Å²) < 4.78 is 11.7. The standard InChI is InChI=1S/C32H36O6/c33-31(34)14-5-4-9-25(23-27-17-19-28(20-18-27)32(35)36)15-16-26-10-8-13-30(24-26)38-22-7-6-21-37-29-11-2-1-3-12-29/h1-3,8,10-13,15-20,24-25H,4-7,9,14,21-23H2,(H,33,34)(H,35,36)/b16-15-. The Hall–Kier alpha value is -4.06. The van der Waals surface area contributed by atoms with E-state index in [-0.39, 0.29) is 17.9 Å². The van der Waals surface area contributed by atoms with Gasteiger partial charge in [0.1, 0.15) is 11.5 Å². The number of carboxylic acid groups (broad SMARTS) is 2. The topological polar surface area (TPSA) is 93.1 Å². The van der Waals surface area contributed by atoms with E-state index in [1.54, 1.807) is 12.1 Å². The summed E-state index contributed by atoms with van der Waals surface area (Å²) in [6.07, 6.45) is 9.26. The molecule has 0 spiro atoms. The van der Waals surface area contributed by atoms with Gasteiger partial charge in [-0.3, -0.25) is 4.79 Å². The van der Waals surface area contributed by atoms with Gasteiger partial charge in [0.05, 0.1) is 18.8 Å². The molecule has 0 saturated heterocycles. The van der Waals surface area contributed by atoms with Gasteiger partial charge < -0.3 is 19.7 Å². The van der Waals surface area contributed by atoms with Crippen LogP contribution in [0, 0.1) is 5.92 Å². The second-order valence-corrected chi connectivity index (χ2v) is 9.25. The summed E-state index contributed by atoms with van der Waals surface area (Å²) in [7, 11) is 0. The molecule has 0 amide bonds. The van der Waals surface area contributed by atoms with Gasteiger partial charge in [0.2, 0.25) is 0 Å². The van der Waals surface area contributed by atoms with Crippen molar-refractivity contribution in [1.29, 1.82) is 0 Å². The summed E-state index contributed by atoms with van der Waals surface area (Å²) in [4.78, 5) is 22.0. The zero-order valence-corrected chi connectivity index (χ0v) is 21.6. The lowest BCUT2D eigenvalue weighted by atomic mass is 9.92. The maximum atomic E-state index is 11.1. The Balaban J connectivity index is 1.51. The van der Waals surface area contributed by atoms with Crippen molar-refractivity contribution < 1.29 is 29.3 Å². The Kier molecular flexibility index (Phi) is 11.9. The highest BCUT2D eigenvalue weighted by Crippen LogP contribution is 2.21. The lowest BCUT2D eigenvalue weighted by molar-refractivity contribution is -0.137. The fourth-order valence-corrected chi connectivity index (χ4v) is 4.09. The van der Waals surface area contributed by atoms with Crippen molar-refractivity contribution in [2.24, 2.45) is 5.92 Å². The van der Waals surface area contributed by atoms with E-state index in [4.69, 9.17) is 19.7 Å². The van der Waals surface area contributed by atoms with Gasteiger partial charge in [-0.25, -0.2) is 4.79 Å². The molecule has 3 aromatic rings. The van der Waals surface area contributed by atoms with Crippen LogP contribution in [0.25, 0.3) is 6.08 Å². The number of para-hydroxylation sites is 1. The Morgan fingerprint density at radius 3 is 2.13 bits per heavy atom. The van der Waals surface area contributed by atoms with E-state index in [0.717, 1.165) is 54.7 Å². The van der Waals surface area contributed by atoms with Crippen molar-refractivity contribution in [3.05, 3.63) is 102 Å². The van der Waals surface area contributed by atoms with Gasteiger partial charge in [0.15, 0.2) is 0 Å². The Bertz CT molecular complexity index is 1150. The zero-order chi connectivity index (χ0) is 27.0. The minimum atomic E-state index is -0.940. The van der Waals surface area contributed by atoms with Gasteiger partial charge >= 0.3 is 11.9 Å². The first-order valence-electron chi connectivity index (χ1n) is 13.1. The molecule has 2 N–H and O–H groups in total. The molecule has 1 unspecified atom stereocenters. The highest BCUT2D eigenvalue weighted by molar-refractivity contribution is 5.87. The minimum Gasteiger partial charge on any atom is -0.494 e. The molecule has 6 heteroatoms. The lowest BCUT2D eigenvalue weighted by Crippen LogP contribution is -2.04. The molecule has 0 aliphatic rings. The number of hydrogen-bond acceptors (Lipinski definition) is 4. The number of allylic oxidation sites excluding steroid dienone is 1. The number of ether oxygens (including phenoxy) is 2. The van der Waals surface area contributed by atoms with Crippen LogP contribution >= 0.6 is 0 Å². The third kappa shape index (κ3) is 10.9. The molecule has 38 heavy (non-hydrogen) atoms. The third-order valence-corrected chi connectivity index (χ3v) is 6.15. The Labute approximate surface area is 224 Å². The van der Waals surface area contributed by atoms with Gasteiger partial charge in [-0.15, -0.1) is 0 Å². The summed E-state index contributed by atoms with van der Waals surface area (Å²) >= 11 is 0. The fraction of sp³-hybridized carbons (Fsp3) is 0.312. The minimum absolute atomic E-state index is 0.168. The van der Waals surface area contributed by atoms with Crippen molar-refractivity contribution >= 4 is 18.0 Å². The number of carbonyl (C=O) groups is 2. The summed E-state index contributed by atoms with van der Waals surface area (Å²) in [6.45, 7) is 1.27. The first-order valence-corrected chi connectivity index (χ1v) is 13.1. The summed E-state index contributed by atoms with van der Waals surface area (Å²) in [5, 5.41) is 18.1. The van der Waals surface area contributed by atoms with Crippen molar-refractivity contribution in [1.82, 2.24) is 0 Å². The van der Waals surface area contributed by atoms with Crippen LogP contribution in [-0.4, -0.2) is 35.4 Å². The first-order chi connectivity index (χ1) is 18.5. The number of aliphatic carboxylic acids is 1. The van der Waals surface area contributed by atoms with Crippen LogP contribution < -0.4 is 9.47 Å². The van der Waals surface area contributed by atoms with Crippen molar-refractivity contribution in [3.8, 4) is 11.5 Å². The highest BCUT2D eigenvalue weighted by atomic mass is 16.5. The van der Waals surface area contributed by atoms with E-state index in [9.17, 15) is 9.59 Å². The maximum Gasteiger partial charge on any atom is 0.335 e. The first kappa shape index (κ1) is 28.5. The fourth-order valence-electron chi connectivity index (χ4n) is 4.09. The summed E-state index contributed by atoms with van der Waals surface area (Å²) in [5.41, 5.74) is 2.35. The Morgan fingerprint density at radius 2 is 1.45 bits per heavy atom. The monoisotopic (exact) mass is 516 g/mol. The normalized spacial score (nSPS) is 11.8. The molecule has 0 heterocycles. The second kappa shape index (κ2) is 15.9. The average Bonchev–Trinajstić information content (AvgIpc) is 2.92. The predicted molar refractivity (Wildman–Crippen MR) is 149 cm³/mol. The third-order valence-electron chi connectivity index (χ3n) is 6.15. The number of rotatable bonds is 17. The second-order valence-electron chi connectivity index (χ2n) is 9.25. The van der Waals surface area contributed by atoms with Crippen LogP contribution in [0.2, 0.25) is 0 Å². The molecule has 0 saturated carbocycles. The molecule has 3 rings (SSSR count). The molecule has 0 aliphatic heterocycles. The number of unbranched alkanes of at least 4 members (excludes halogenated alkanes) is 2. The summed E-state index contributed by atoms with van der Waals surface area (Å²) in [6, 6.07) is 24.7. The van der Waals surface area contributed by atoms with Crippen molar-refractivity contribution in [2.75, 3.05) is 13.2 Å². The molecular weight excluding hydrogens is 480 g/mol. The average molecular weight is 517 g/mol. The molecule has 0 bridgehead atoms. The van der Waals surface area contributed by atoms with Crippen LogP contribution in [0.4, 0.5) is 0 Å². The van der Waals surface area contributed by atoms with E-state index in [1.807, 2.05) is 66.7 Å². The number of hydrogen-bond donors (Lipinski definition) is 2. The molecule has 6 nitrogen and oxygen atoms in total. The Morgan fingerprint density at radius 1 is 0.763 bits per heavy atom. The maximum absolute atomic E-state index is 11.1. The van der Waals surface area contributed by atoms with Crippen LogP contribution in [0.1, 0.15) is 60.0 Å². The quantitative estimate of drug-likeness (QED) is 0.185. The summed E-state index contributed by atoms with van der Waals surface area (Å²) in [5.74, 6) is 0.184. The number of aromatic carboxylic acids is 1. The molecule has 0 aliphatic carbocycles. The number of benzene rings is 3. The molecule has 200 valence electrons. The SMILES string of the molecule is O=C(O)CCCCC(/C=C\c1cccc(OCCCCOc2ccccc2)c1)Cc1ccc(C(=O)O)cc1. The van der Waals surface area contributed by atoms with E-state index in [2.05, 4.69) is 12.2 Å². The molecule has 1 atom stereocenters. The lowest BCUT2D eigenvalue weighted by Gasteiger charge is -2.13. The van der Waals surface area contributed by atoms with Crippen LogP contribution in [0.5, 0.6) is 11.5 Å². The van der Waals surface area contributed by atoms with Gasteiger partial charge in [0, 0.05) is 6.42 Å². The molecule has 0 radical (unpaired) electrons. The van der Waals surface area contributed by atoms with Gasteiger partial charge in [-0.2, -0.15) is 0 Å². The highest BCUT2D eigenvalue weighted by Gasteiger charge is 2.09. The zero-order valence-electron chi connectivity index (χ0n) is 21.6. The van der Waals surface area contributed by atoms with Crippen LogP contribution in [0.3, 0.4) is 0 Å². The largest absolute Gasteiger partial charge is 0.494 e. The molecule has 3 aromatic carbocycles. The molecule has 0 fully saturated rings. The van der Waals surface area contributed by atoms with Crippen molar-refractivity contribution in [2.45, 2.75) is 44.9 Å². The van der Waals surface area contributed by atoms with E-state index >= 15 is 0 Å². The van der Waals surface area contributed by atoms with E-state index < -0.39 is 11.9 Å². The smallest absolute Gasteiger partial charge is 0.335 e. The van der Waals surface area contributed by atoms with E-state index in [0.29, 0.717) is 19.6 Å². The van der Waals surface area contributed by atoms with Gasteiger partial charge in [-0.05, 0) is 85.5 Å². The van der Waals surface area contributed by atoms with E-state index in [1.165, 1.54) is 0 Å². The molecule has 0 aromatic heterocycles. The predicted octanol–water partition coefficient (Wildman–Crippen LogP) is 7.14. The van der Waals surface area contributed by atoms with Crippen molar-refractivity contribution in [3.63, 3.8) is 0 Å². The van der Waals surface area contributed by atoms with Crippen LogP contribution in [0.15, 0.2) is 84.9 Å². The molecular formula is C32H36O6. The number of carboxylic acids is 2. The van der Waals surface area contributed by atoms with Gasteiger partial charge in [-0.1, -0.05) is 61.0 Å².